The molecule has 0 spiro atoms. The summed E-state index contributed by atoms with van der Waals surface area (Å²) < 4.78 is 27.0. The molecule has 0 aromatic heterocycles. The molecule has 1 amide bonds. The highest BCUT2D eigenvalue weighted by Gasteiger charge is 2.47. The number of aryl methyl sites for hydroxylation is 1. The normalized spacial score (nSPS) is 16.9. The van der Waals surface area contributed by atoms with Crippen molar-refractivity contribution in [3.63, 3.8) is 0 Å². The van der Waals surface area contributed by atoms with Gasteiger partial charge in [0.05, 0.1) is 4.90 Å². The number of sulfone groups is 1. The van der Waals surface area contributed by atoms with Crippen molar-refractivity contribution in [1.29, 1.82) is 0 Å². The lowest BCUT2D eigenvalue weighted by Crippen LogP contribution is -2.31. The maximum Gasteiger partial charge on any atom is 0.295 e. The number of rotatable bonds is 4. The number of hydrogen-bond donors (Lipinski definition) is 1. The highest BCUT2D eigenvalue weighted by molar-refractivity contribution is 7.95. The zero-order valence-corrected chi connectivity index (χ0v) is 17.6. The Morgan fingerprint density at radius 3 is 2.10 bits per heavy atom. The molecular formula is C23H18ClNO4S. The van der Waals surface area contributed by atoms with Crippen molar-refractivity contribution < 1.29 is 18.3 Å². The van der Waals surface area contributed by atoms with Gasteiger partial charge >= 0.3 is 0 Å². The zero-order valence-electron chi connectivity index (χ0n) is 16.0. The van der Waals surface area contributed by atoms with E-state index in [2.05, 4.69) is 0 Å². The molecular weight excluding hydrogens is 422 g/mol. The van der Waals surface area contributed by atoms with Crippen molar-refractivity contribution in [1.82, 2.24) is 0 Å². The van der Waals surface area contributed by atoms with E-state index in [0.29, 0.717) is 16.3 Å². The average molecular weight is 440 g/mol. The van der Waals surface area contributed by atoms with Gasteiger partial charge in [-0.25, -0.2) is 8.42 Å². The first-order valence-electron chi connectivity index (χ1n) is 9.19. The lowest BCUT2D eigenvalue weighted by molar-refractivity contribution is -0.117. The molecule has 7 heteroatoms. The average Bonchev–Trinajstić information content (AvgIpc) is 3.01. The van der Waals surface area contributed by atoms with E-state index < -0.39 is 27.5 Å². The quantitative estimate of drug-likeness (QED) is 0.622. The number of para-hydroxylation sites is 1. The van der Waals surface area contributed by atoms with Crippen molar-refractivity contribution in [3.8, 4) is 0 Å². The van der Waals surface area contributed by atoms with E-state index in [1.165, 1.54) is 17.0 Å². The van der Waals surface area contributed by atoms with Gasteiger partial charge in [0.2, 0.25) is 9.84 Å². The molecule has 5 nitrogen and oxygen atoms in total. The Bertz CT molecular complexity index is 1230. The van der Waals surface area contributed by atoms with Crippen LogP contribution in [-0.2, 0) is 14.6 Å². The van der Waals surface area contributed by atoms with Crippen molar-refractivity contribution >= 4 is 33.0 Å². The first-order chi connectivity index (χ1) is 14.3. The minimum atomic E-state index is -4.15. The van der Waals surface area contributed by atoms with Crippen LogP contribution >= 0.6 is 11.6 Å². The van der Waals surface area contributed by atoms with Crippen LogP contribution in [0.2, 0.25) is 5.02 Å². The van der Waals surface area contributed by atoms with Gasteiger partial charge in [0.15, 0.2) is 5.76 Å². The predicted octanol–water partition coefficient (Wildman–Crippen LogP) is 4.98. The Hall–Kier alpha value is -3.09. The molecule has 1 aliphatic rings. The number of benzene rings is 3. The number of carbonyl (C=O) groups excluding carboxylic acids is 1. The topological polar surface area (TPSA) is 74.7 Å². The van der Waals surface area contributed by atoms with E-state index in [1.54, 1.807) is 66.7 Å². The van der Waals surface area contributed by atoms with Gasteiger partial charge < -0.3 is 5.11 Å². The molecule has 1 aliphatic heterocycles. The second-order valence-electron chi connectivity index (χ2n) is 6.99. The van der Waals surface area contributed by atoms with Gasteiger partial charge in [0.1, 0.15) is 10.9 Å². The molecule has 0 saturated carbocycles. The minimum absolute atomic E-state index is 0.0105. The third kappa shape index (κ3) is 3.38. The SMILES string of the molecule is Cc1ccc(S(=O)(=O)C2=C(O)C(=O)N(c3ccccc3)[C@H]2c2ccc(Cl)cc2)cc1. The van der Waals surface area contributed by atoms with E-state index in [-0.39, 0.29) is 9.80 Å². The molecule has 1 N–H and O–H groups in total. The van der Waals surface area contributed by atoms with Crippen LogP contribution < -0.4 is 4.90 Å². The summed E-state index contributed by atoms with van der Waals surface area (Å²) in [6, 6.07) is 20.5. The summed E-state index contributed by atoms with van der Waals surface area (Å²) in [5.41, 5.74) is 1.89. The summed E-state index contributed by atoms with van der Waals surface area (Å²) in [7, 11) is -4.15. The predicted molar refractivity (Wildman–Crippen MR) is 116 cm³/mol. The molecule has 30 heavy (non-hydrogen) atoms. The van der Waals surface area contributed by atoms with E-state index in [0.717, 1.165) is 5.56 Å². The summed E-state index contributed by atoms with van der Waals surface area (Å²) in [4.78, 5) is 14.0. The fourth-order valence-corrected chi connectivity index (χ4v) is 5.25. The number of aliphatic hydroxyl groups excluding tert-OH is 1. The first kappa shape index (κ1) is 20.2. The van der Waals surface area contributed by atoms with Crippen LogP contribution in [0.25, 0.3) is 0 Å². The summed E-state index contributed by atoms with van der Waals surface area (Å²) >= 11 is 6.01. The van der Waals surface area contributed by atoms with Crippen molar-refractivity contribution in [2.24, 2.45) is 0 Å². The summed E-state index contributed by atoms with van der Waals surface area (Å²) in [5.74, 6) is -1.55. The molecule has 152 valence electrons. The summed E-state index contributed by atoms with van der Waals surface area (Å²) in [6.07, 6.45) is 0. The van der Waals surface area contributed by atoms with Gasteiger partial charge in [-0.3, -0.25) is 9.69 Å². The zero-order chi connectivity index (χ0) is 21.5. The van der Waals surface area contributed by atoms with Gasteiger partial charge in [-0.05, 0) is 48.9 Å². The Morgan fingerprint density at radius 1 is 0.900 bits per heavy atom. The molecule has 0 aliphatic carbocycles. The molecule has 0 unspecified atom stereocenters. The number of hydrogen-bond acceptors (Lipinski definition) is 4. The molecule has 3 aromatic rings. The Kier molecular flexibility index (Phi) is 5.13. The van der Waals surface area contributed by atoms with Gasteiger partial charge in [-0.15, -0.1) is 0 Å². The molecule has 0 fully saturated rings. The third-order valence-electron chi connectivity index (χ3n) is 5.00. The largest absolute Gasteiger partial charge is 0.502 e. The molecule has 0 saturated heterocycles. The van der Waals surface area contributed by atoms with Gasteiger partial charge in [-0.1, -0.05) is 59.6 Å². The molecule has 1 atom stereocenters. The van der Waals surface area contributed by atoms with Gasteiger partial charge in [0.25, 0.3) is 5.91 Å². The lowest BCUT2D eigenvalue weighted by Gasteiger charge is -2.27. The van der Waals surface area contributed by atoms with Crippen molar-refractivity contribution in [2.75, 3.05) is 4.90 Å². The number of anilines is 1. The van der Waals surface area contributed by atoms with Gasteiger partial charge in [-0.2, -0.15) is 0 Å². The smallest absolute Gasteiger partial charge is 0.295 e. The first-order valence-corrected chi connectivity index (χ1v) is 11.1. The number of carbonyl (C=O) groups is 1. The molecule has 0 radical (unpaired) electrons. The van der Waals surface area contributed by atoms with E-state index in [4.69, 9.17) is 11.6 Å². The van der Waals surface area contributed by atoms with Crippen LogP contribution in [0.4, 0.5) is 5.69 Å². The van der Waals surface area contributed by atoms with Crippen LogP contribution in [0.5, 0.6) is 0 Å². The number of halogens is 1. The van der Waals surface area contributed by atoms with Crippen molar-refractivity contribution in [3.05, 3.63) is 106 Å². The number of nitrogens with zero attached hydrogens (tertiary/aromatic N) is 1. The Labute approximate surface area is 179 Å². The van der Waals surface area contributed by atoms with Gasteiger partial charge in [0, 0.05) is 10.7 Å². The minimum Gasteiger partial charge on any atom is -0.502 e. The van der Waals surface area contributed by atoms with Crippen LogP contribution in [0, 0.1) is 6.92 Å². The number of amides is 1. The maximum atomic E-state index is 13.5. The molecule has 4 rings (SSSR count). The highest BCUT2D eigenvalue weighted by atomic mass is 35.5. The van der Waals surface area contributed by atoms with Crippen LogP contribution in [-0.4, -0.2) is 19.4 Å². The van der Waals surface area contributed by atoms with Crippen LogP contribution in [0.1, 0.15) is 17.2 Å². The van der Waals surface area contributed by atoms with Crippen molar-refractivity contribution in [2.45, 2.75) is 17.9 Å². The Morgan fingerprint density at radius 2 is 1.50 bits per heavy atom. The fraction of sp³-hybridized carbons (Fsp3) is 0.0870. The maximum absolute atomic E-state index is 13.5. The fourth-order valence-electron chi connectivity index (χ4n) is 3.50. The van der Waals surface area contributed by atoms with E-state index in [1.807, 2.05) is 6.92 Å². The monoisotopic (exact) mass is 439 g/mol. The summed E-state index contributed by atoms with van der Waals surface area (Å²) in [5, 5.41) is 11.2. The van der Waals surface area contributed by atoms with E-state index >= 15 is 0 Å². The third-order valence-corrected chi connectivity index (χ3v) is 7.14. The standard InChI is InChI=1S/C23H18ClNO4S/c1-15-7-13-19(14-8-15)30(28,29)22-20(16-9-11-17(24)12-10-16)25(23(27)21(22)26)18-5-3-2-4-6-18/h2-14,20,26H,1H3/t20-/m0/s1. The lowest BCUT2D eigenvalue weighted by atomic mass is 10.1. The molecule has 1 heterocycles. The summed E-state index contributed by atoms with van der Waals surface area (Å²) in [6.45, 7) is 1.85. The molecule has 0 bridgehead atoms. The second-order valence-corrected chi connectivity index (χ2v) is 9.35. The second kappa shape index (κ2) is 7.63. The Balaban J connectivity index is 1.94. The molecule has 3 aromatic carbocycles. The van der Waals surface area contributed by atoms with Crippen LogP contribution in [0.15, 0.2) is 94.4 Å². The van der Waals surface area contributed by atoms with Crippen LogP contribution in [0.3, 0.4) is 0 Å². The van der Waals surface area contributed by atoms with E-state index in [9.17, 15) is 18.3 Å². The number of aliphatic hydroxyl groups is 1. The highest BCUT2D eigenvalue weighted by Crippen LogP contribution is 2.44.